The number of hydrogen-bond acceptors (Lipinski definition) is 2. The van der Waals surface area contributed by atoms with E-state index >= 15 is 0 Å². The summed E-state index contributed by atoms with van der Waals surface area (Å²) in [6, 6.07) is 17.0. The first-order valence-electron chi connectivity index (χ1n) is 7.91. The van der Waals surface area contributed by atoms with Gasteiger partial charge in [-0.3, -0.25) is 4.79 Å². The van der Waals surface area contributed by atoms with Crippen LogP contribution in [0.25, 0.3) is 0 Å². The van der Waals surface area contributed by atoms with Crippen LogP contribution in [0.4, 0.5) is 0 Å². The molecule has 0 bridgehead atoms. The lowest BCUT2D eigenvalue weighted by Gasteiger charge is -2.22. The highest BCUT2D eigenvalue weighted by Crippen LogP contribution is 2.20. The minimum Gasteiger partial charge on any atom is -0.481 e. The Morgan fingerprint density at radius 1 is 1.09 bits per heavy atom. The average molecular weight is 332 g/mol. The van der Waals surface area contributed by atoms with Gasteiger partial charge in [0.1, 0.15) is 5.75 Å². The molecule has 0 aliphatic heterocycles. The molecule has 122 valence electrons. The van der Waals surface area contributed by atoms with Gasteiger partial charge >= 0.3 is 0 Å². The zero-order valence-electron chi connectivity index (χ0n) is 13.5. The topological polar surface area (TPSA) is 38.3 Å². The maximum Gasteiger partial charge on any atom is 0.261 e. The number of ether oxygens (including phenoxy) is 1. The fraction of sp³-hybridized carbons (Fsp3) is 0.316. The molecule has 1 N–H and O–H groups in total. The smallest absolute Gasteiger partial charge is 0.261 e. The molecule has 2 rings (SSSR count). The summed E-state index contributed by atoms with van der Waals surface area (Å²) in [7, 11) is 0. The number of amides is 1. The van der Waals surface area contributed by atoms with Gasteiger partial charge in [0.15, 0.2) is 6.10 Å². The Morgan fingerprint density at radius 2 is 1.83 bits per heavy atom. The zero-order valence-corrected chi connectivity index (χ0v) is 14.2. The number of carbonyl (C=O) groups excluding carboxylic acids is 1. The minimum absolute atomic E-state index is 0.0132. The second kappa shape index (κ2) is 8.59. The van der Waals surface area contributed by atoms with Gasteiger partial charge < -0.3 is 10.1 Å². The molecule has 0 heterocycles. The highest BCUT2D eigenvalue weighted by molar-refractivity contribution is 6.30. The molecule has 2 atom stereocenters. The van der Waals surface area contributed by atoms with Crippen molar-refractivity contribution in [1.29, 1.82) is 0 Å². The van der Waals surface area contributed by atoms with Crippen LogP contribution in [0.5, 0.6) is 5.75 Å². The molecule has 2 aromatic carbocycles. The average Bonchev–Trinajstić information content (AvgIpc) is 2.58. The van der Waals surface area contributed by atoms with Crippen LogP contribution in [0.15, 0.2) is 54.6 Å². The van der Waals surface area contributed by atoms with E-state index in [-0.39, 0.29) is 11.9 Å². The van der Waals surface area contributed by atoms with Gasteiger partial charge in [0.2, 0.25) is 0 Å². The van der Waals surface area contributed by atoms with E-state index < -0.39 is 6.10 Å². The second-order valence-electron chi connectivity index (χ2n) is 5.35. The highest BCUT2D eigenvalue weighted by atomic mass is 35.5. The first-order chi connectivity index (χ1) is 11.1. The summed E-state index contributed by atoms with van der Waals surface area (Å²) >= 11 is 5.96. The van der Waals surface area contributed by atoms with E-state index in [1.54, 1.807) is 24.3 Å². The van der Waals surface area contributed by atoms with Crippen LogP contribution < -0.4 is 10.1 Å². The third-order valence-electron chi connectivity index (χ3n) is 3.66. The van der Waals surface area contributed by atoms with Gasteiger partial charge in [-0.1, -0.05) is 61.8 Å². The summed E-state index contributed by atoms with van der Waals surface area (Å²) in [5.74, 6) is 0.496. The molecule has 0 spiro atoms. The largest absolute Gasteiger partial charge is 0.481 e. The summed E-state index contributed by atoms with van der Waals surface area (Å²) in [6.45, 7) is 3.98. The summed E-state index contributed by atoms with van der Waals surface area (Å²) in [6.07, 6.45) is 0.874. The van der Waals surface area contributed by atoms with Crippen LogP contribution in [0.2, 0.25) is 5.02 Å². The molecule has 3 nitrogen and oxygen atoms in total. The van der Waals surface area contributed by atoms with Crippen molar-refractivity contribution in [1.82, 2.24) is 5.32 Å². The molecular weight excluding hydrogens is 310 g/mol. The highest BCUT2D eigenvalue weighted by Gasteiger charge is 2.21. The Morgan fingerprint density at radius 3 is 2.43 bits per heavy atom. The molecule has 0 aliphatic rings. The molecule has 0 unspecified atom stereocenters. The van der Waals surface area contributed by atoms with Crippen LogP contribution in [0, 0.1) is 0 Å². The van der Waals surface area contributed by atoms with Gasteiger partial charge in [0.25, 0.3) is 5.91 Å². The standard InChI is InChI=1S/C19H22ClNO2/c1-3-17(14-9-6-5-7-10-14)21-19(22)18(4-2)23-16-12-8-11-15(20)13-16/h5-13,17-18H,3-4H2,1-2H3,(H,21,22)/t17-,18-/m1/s1. The van der Waals surface area contributed by atoms with Crippen molar-refractivity contribution in [2.75, 3.05) is 0 Å². The van der Waals surface area contributed by atoms with Crippen molar-refractivity contribution in [2.45, 2.75) is 38.8 Å². The van der Waals surface area contributed by atoms with E-state index in [1.807, 2.05) is 37.3 Å². The Bertz CT molecular complexity index is 630. The van der Waals surface area contributed by atoms with Crippen molar-refractivity contribution < 1.29 is 9.53 Å². The number of halogens is 1. The second-order valence-corrected chi connectivity index (χ2v) is 5.79. The maximum absolute atomic E-state index is 12.5. The van der Waals surface area contributed by atoms with Crippen molar-refractivity contribution in [3.05, 3.63) is 65.2 Å². The van der Waals surface area contributed by atoms with Crippen LogP contribution >= 0.6 is 11.6 Å². The van der Waals surface area contributed by atoms with Crippen LogP contribution in [-0.4, -0.2) is 12.0 Å². The van der Waals surface area contributed by atoms with Gasteiger partial charge in [-0.2, -0.15) is 0 Å². The van der Waals surface area contributed by atoms with Gasteiger partial charge in [0.05, 0.1) is 6.04 Å². The lowest BCUT2D eigenvalue weighted by atomic mass is 10.0. The molecule has 0 fully saturated rings. The third kappa shape index (κ3) is 5.00. The first kappa shape index (κ1) is 17.4. The molecule has 4 heteroatoms. The molecule has 2 aromatic rings. The normalized spacial score (nSPS) is 13.2. The van der Waals surface area contributed by atoms with Crippen LogP contribution in [0.1, 0.15) is 38.3 Å². The monoisotopic (exact) mass is 331 g/mol. The Hall–Kier alpha value is -2.00. The molecule has 23 heavy (non-hydrogen) atoms. The first-order valence-corrected chi connectivity index (χ1v) is 8.29. The van der Waals surface area contributed by atoms with E-state index in [2.05, 4.69) is 12.2 Å². The summed E-state index contributed by atoms with van der Waals surface area (Å²) in [4.78, 5) is 12.5. The number of carbonyl (C=O) groups is 1. The molecule has 0 saturated carbocycles. The van der Waals surface area contributed by atoms with E-state index in [1.165, 1.54) is 0 Å². The number of hydrogen-bond donors (Lipinski definition) is 1. The van der Waals surface area contributed by atoms with E-state index in [4.69, 9.17) is 16.3 Å². The molecule has 1 amide bonds. The van der Waals surface area contributed by atoms with Crippen molar-refractivity contribution in [2.24, 2.45) is 0 Å². The molecule has 0 radical (unpaired) electrons. The lowest BCUT2D eigenvalue weighted by molar-refractivity contribution is -0.128. The summed E-state index contributed by atoms with van der Waals surface area (Å²) < 4.78 is 5.79. The fourth-order valence-electron chi connectivity index (χ4n) is 2.40. The fourth-order valence-corrected chi connectivity index (χ4v) is 2.58. The van der Waals surface area contributed by atoms with Crippen molar-refractivity contribution >= 4 is 17.5 Å². The Balaban J connectivity index is 2.04. The van der Waals surface area contributed by atoms with Gasteiger partial charge in [-0.25, -0.2) is 0 Å². The number of rotatable bonds is 7. The quantitative estimate of drug-likeness (QED) is 0.794. The van der Waals surface area contributed by atoms with Crippen molar-refractivity contribution in [3.63, 3.8) is 0 Å². The SMILES string of the molecule is CC[C@@H](Oc1cccc(Cl)c1)C(=O)N[C@H](CC)c1ccccc1. The third-order valence-corrected chi connectivity index (χ3v) is 3.90. The predicted octanol–water partition coefficient (Wildman–Crippen LogP) is 4.76. The van der Waals surface area contributed by atoms with E-state index in [0.717, 1.165) is 12.0 Å². The summed E-state index contributed by atoms with van der Waals surface area (Å²) in [5.41, 5.74) is 1.10. The Kier molecular flexibility index (Phi) is 6.48. The van der Waals surface area contributed by atoms with Gasteiger partial charge in [-0.05, 0) is 36.6 Å². The predicted molar refractivity (Wildman–Crippen MR) is 93.8 cm³/mol. The minimum atomic E-state index is -0.536. The molecule has 0 aliphatic carbocycles. The Labute approximate surface area is 142 Å². The molecular formula is C19H22ClNO2. The zero-order chi connectivity index (χ0) is 16.7. The van der Waals surface area contributed by atoms with Gasteiger partial charge in [0, 0.05) is 5.02 Å². The van der Waals surface area contributed by atoms with Crippen LogP contribution in [-0.2, 0) is 4.79 Å². The molecule has 0 saturated heterocycles. The number of nitrogens with one attached hydrogen (secondary N) is 1. The van der Waals surface area contributed by atoms with E-state index in [0.29, 0.717) is 17.2 Å². The van der Waals surface area contributed by atoms with Gasteiger partial charge in [-0.15, -0.1) is 0 Å². The summed E-state index contributed by atoms with van der Waals surface area (Å²) in [5, 5.41) is 3.66. The van der Waals surface area contributed by atoms with Crippen molar-refractivity contribution in [3.8, 4) is 5.75 Å². The van der Waals surface area contributed by atoms with E-state index in [9.17, 15) is 4.79 Å². The van der Waals surface area contributed by atoms with Crippen LogP contribution in [0.3, 0.4) is 0 Å². The molecule has 0 aromatic heterocycles. The lowest BCUT2D eigenvalue weighted by Crippen LogP contribution is -2.39. The number of benzene rings is 2. The maximum atomic E-state index is 12.5.